The number of carbonyl (C=O) groups is 1. The van der Waals surface area contributed by atoms with Crippen molar-refractivity contribution in [3.8, 4) is 0 Å². The number of aryl methyl sites for hydroxylation is 2. The third kappa shape index (κ3) is 5.19. The van der Waals surface area contributed by atoms with Gasteiger partial charge in [-0.2, -0.15) is 0 Å². The molecule has 0 radical (unpaired) electrons. The third-order valence-corrected chi connectivity index (χ3v) is 6.32. The van der Waals surface area contributed by atoms with E-state index in [4.69, 9.17) is 0 Å². The number of aromatic nitrogens is 1. The number of hydrogen-bond acceptors (Lipinski definition) is 4. The first-order chi connectivity index (χ1) is 12.7. The highest BCUT2D eigenvalue weighted by Gasteiger charge is 2.32. The van der Waals surface area contributed by atoms with Crippen LogP contribution in [0.15, 0.2) is 10.4 Å². The summed E-state index contributed by atoms with van der Waals surface area (Å²) in [7, 11) is 1.80. The van der Waals surface area contributed by atoms with Crippen molar-refractivity contribution in [2.24, 2.45) is 10.9 Å². The fraction of sp³-hybridized carbons (Fsp3) is 0.737. The van der Waals surface area contributed by atoms with E-state index in [0.29, 0.717) is 11.9 Å². The Morgan fingerprint density at radius 2 is 2.19 bits per heavy atom. The molecule has 7 heteroatoms. The van der Waals surface area contributed by atoms with Crippen LogP contribution >= 0.6 is 11.3 Å². The first-order valence-corrected chi connectivity index (χ1v) is 10.7. The summed E-state index contributed by atoms with van der Waals surface area (Å²) in [5.41, 5.74) is 1.10. The standard InChI is InChI=1S/C19H31N5OS/c1-14-13-26-17(22-14)8-5-10-21-19(20-2)23-16-9-11-24(12-16)18(25)15-6-3-4-7-15/h13,15-16H,3-12H2,1-2H3,(H2,20,21,23). The predicted molar refractivity (Wildman–Crippen MR) is 107 cm³/mol. The van der Waals surface area contributed by atoms with Gasteiger partial charge in [0.2, 0.25) is 5.91 Å². The van der Waals surface area contributed by atoms with Crippen LogP contribution in [0.5, 0.6) is 0 Å². The van der Waals surface area contributed by atoms with E-state index in [1.54, 1.807) is 18.4 Å². The minimum atomic E-state index is 0.278. The molecule has 2 N–H and O–H groups in total. The Morgan fingerprint density at radius 1 is 1.38 bits per heavy atom. The van der Waals surface area contributed by atoms with Gasteiger partial charge in [0.25, 0.3) is 0 Å². The Kier molecular flexibility index (Phi) is 6.88. The van der Waals surface area contributed by atoms with Gasteiger partial charge in [-0.1, -0.05) is 12.8 Å². The van der Waals surface area contributed by atoms with Crippen LogP contribution in [0.1, 0.15) is 49.2 Å². The molecule has 0 aromatic carbocycles. The molecule has 6 nitrogen and oxygen atoms in total. The number of hydrogen-bond donors (Lipinski definition) is 2. The molecule has 0 bridgehead atoms. The lowest BCUT2D eigenvalue weighted by Gasteiger charge is -2.21. The normalized spacial score (nSPS) is 21.4. The van der Waals surface area contributed by atoms with Crippen molar-refractivity contribution in [3.63, 3.8) is 0 Å². The maximum absolute atomic E-state index is 12.5. The van der Waals surface area contributed by atoms with Crippen LogP contribution in [0.2, 0.25) is 0 Å². The molecule has 1 amide bonds. The number of carbonyl (C=O) groups excluding carboxylic acids is 1. The molecule has 1 saturated heterocycles. The lowest BCUT2D eigenvalue weighted by atomic mass is 10.1. The molecular formula is C19H31N5OS. The zero-order chi connectivity index (χ0) is 18.4. The summed E-state index contributed by atoms with van der Waals surface area (Å²) in [4.78, 5) is 23.4. The van der Waals surface area contributed by atoms with E-state index in [2.05, 4.69) is 26.0 Å². The number of amides is 1. The van der Waals surface area contributed by atoms with Crippen LogP contribution in [-0.2, 0) is 11.2 Å². The van der Waals surface area contributed by atoms with E-state index < -0.39 is 0 Å². The molecule has 1 aliphatic heterocycles. The lowest BCUT2D eigenvalue weighted by Crippen LogP contribution is -2.45. The van der Waals surface area contributed by atoms with E-state index >= 15 is 0 Å². The molecule has 1 saturated carbocycles. The number of nitrogens with one attached hydrogen (secondary N) is 2. The highest BCUT2D eigenvalue weighted by atomic mass is 32.1. The Balaban J connectivity index is 1.36. The van der Waals surface area contributed by atoms with Crippen LogP contribution in [0.4, 0.5) is 0 Å². The maximum Gasteiger partial charge on any atom is 0.225 e. The quantitative estimate of drug-likeness (QED) is 0.454. The van der Waals surface area contributed by atoms with Crippen LogP contribution in [-0.4, -0.2) is 54.5 Å². The SMILES string of the molecule is CN=C(NCCCc1nc(C)cs1)NC1CCN(C(=O)C2CCCC2)C1. The monoisotopic (exact) mass is 377 g/mol. The molecule has 3 rings (SSSR count). The number of likely N-dealkylation sites (tertiary alicyclic amines) is 1. The molecule has 1 aliphatic carbocycles. The molecule has 0 spiro atoms. The smallest absolute Gasteiger partial charge is 0.225 e. The second-order valence-corrected chi connectivity index (χ2v) is 8.32. The first kappa shape index (κ1) is 19.1. The van der Waals surface area contributed by atoms with E-state index in [-0.39, 0.29) is 5.92 Å². The summed E-state index contributed by atoms with van der Waals surface area (Å²) in [6.45, 7) is 4.57. The Hall–Kier alpha value is -1.63. The summed E-state index contributed by atoms with van der Waals surface area (Å²) in [5, 5.41) is 10.2. The second kappa shape index (κ2) is 9.35. The van der Waals surface area contributed by atoms with Crippen LogP contribution in [0.3, 0.4) is 0 Å². The molecule has 1 unspecified atom stereocenters. The van der Waals surface area contributed by atoms with Gasteiger partial charge in [0.1, 0.15) is 0 Å². The first-order valence-electron chi connectivity index (χ1n) is 9.82. The van der Waals surface area contributed by atoms with Gasteiger partial charge in [0.05, 0.1) is 5.01 Å². The number of rotatable bonds is 6. The van der Waals surface area contributed by atoms with Crippen molar-refractivity contribution in [1.29, 1.82) is 0 Å². The fourth-order valence-electron chi connectivity index (χ4n) is 3.86. The van der Waals surface area contributed by atoms with Crippen molar-refractivity contribution >= 4 is 23.2 Å². The lowest BCUT2D eigenvalue weighted by molar-refractivity contribution is -0.134. The zero-order valence-electron chi connectivity index (χ0n) is 16.0. The van der Waals surface area contributed by atoms with Gasteiger partial charge >= 0.3 is 0 Å². The summed E-state index contributed by atoms with van der Waals surface area (Å²) in [6.07, 6.45) is 7.61. The van der Waals surface area contributed by atoms with E-state index in [9.17, 15) is 4.79 Å². The number of nitrogens with zero attached hydrogens (tertiary/aromatic N) is 3. The number of guanidine groups is 1. The molecule has 26 heavy (non-hydrogen) atoms. The molecule has 2 heterocycles. The van der Waals surface area contributed by atoms with Crippen LogP contribution in [0, 0.1) is 12.8 Å². The fourth-order valence-corrected chi connectivity index (χ4v) is 4.68. The van der Waals surface area contributed by atoms with Crippen molar-refractivity contribution in [2.45, 2.75) is 57.9 Å². The average Bonchev–Trinajstić information content (AvgIpc) is 3.39. The third-order valence-electron chi connectivity index (χ3n) is 5.30. The van der Waals surface area contributed by atoms with Gasteiger partial charge in [0.15, 0.2) is 5.96 Å². The van der Waals surface area contributed by atoms with E-state index in [0.717, 1.165) is 63.4 Å². The van der Waals surface area contributed by atoms with Gasteiger partial charge in [-0.25, -0.2) is 4.98 Å². The topological polar surface area (TPSA) is 69.6 Å². The van der Waals surface area contributed by atoms with E-state index in [1.165, 1.54) is 17.8 Å². The predicted octanol–water partition coefficient (Wildman–Crippen LogP) is 2.34. The van der Waals surface area contributed by atoms with Crippen LogP contribution in [0.25, 0.3) is 0 Å². The van der Waals surface area contributed by atoms with Crippen molar-refractivity contribution in [2.75, 3.05) is 26.7 Å². The molecule has 1 aromatic rings. The molecule has 2 aliphatic rings. The van der Waals surface area contributed by atoms with Crippen molar-refractivity contribution < 1.29 is 4.79 Å². The Morgan fingerprint density at radius 3 is 2.88 bits per heavy atom. The molecule has 144 valence electrons. The maximum atomic E-state index is 12.5. The summed E-state index contributed by atoms with van der Waals surface area (Å²) in [6, 6.07) is 0.299. The van der Waals surface area contributed by atoms with E-state index in [1.807, 2.05) is 11.8 Å². The average molecular weight is 378 g/mol. The zero-order valence-corrected chi connectivity index (χ0v) is 16.8. The summed E-state index contributed by atoms with van der Waals surface area (Å²) < 4.78 is 0. The summed E-state index contributed by atoms with van der Waals surface area (Å²) >= 11 is 1.73. The molecule has 2 fully saturated rings. The van der Waals surface area contributed by atoms with Gasteiger partial charge in [-0.3, -0.25) is 9.79 Å². The minimum Gasteiger partial charge on any atom is -0.356 e. The van der Waals surface area contributed by atoms with Gasteiger partial charge < -0.3 is 15.5 Å². The highest BCUT2D eigenvalue weighted by molar-refractivity contribution is 7.09. The number of thiazole rings is 1. The largest absolute Gasteiger partial charge is 0.356 e. The number of aliphatic imine (C=N–C) groups is 1. The van der Waals surface area contributed by atoms with Gasteiger partial charge in [0, 0.05) is 56.1 Å². The minimum absolute atomic E-state index is 0.278. The van der Waals surface area contributed by atoms with Crippen LogP contribution < -0.4 is 10.6 Å². The highest BCUT2D eigenvalue weighted by Crippen LogP contribution is 2.27. The molecule has 1 aromatic heterocycles. The second-order valence-electron chi connectivity index (χ2n) is 7.38. The Bertz CT molecular complexity index is 623. The molecular weight excluding hydrogens is 346 g/mol. The molecule has 1 atom stereocenters. The van der Waals surface area contributed by atoms with Crippen molar-refractivity contribution in [1.82, 2.24) is 20.5 Å². The van der Waals surface area contributed by atoms with Crippen molar-refractivity contribution in [3.05, 3.63) is 16.1 Å². The van der Waals surface area contributed by atoms with Gasteiger partial charge in [-0.05, 0) is 32.6 Å². The Labute approximate surface area is 160 Å². The van der Waals surface area contributed by atoms with Gasteiger partial charge in [-0.15, -0.1) is 11.3 Å². The summed E-state index contributed by atoms with van der Waals surface area (Å²) in [5.74, 6) is 1.48.